The molecule has 34 heavy (non-hydrogen) atoms. The number of hydrogen-bond acceptors (Lipinski definition) is 4. The van der Waals surface area contributed by atoms with Gasteiger partial charge >= 0.3 is 12.0 Å². The van der Waals surface area contributed by atoms with Gasteiger partial charge in [0, 0.05) is 31.5 Å². The summed E-state index contributed by atoms with van der Waals surface area (Å²) in [4.78, 5) is 26.6. The third-order valence-electron chi connectivity index (χ3n) is 6.90. The Morgan fingerprint density at radius 1 is 1.32 bits per heavy atom. The summed E-state index contributed by atoms with van der Waals surface area (Å²) in [6, 6.07) is 6.05. The van der Waals surface area contributed by atoms with E-state index < -0.39 is 5.54 Å². The molecule has 2 aliphatic rings. The molecule has 2 atom stereocenters. The van der Waals surface area contributed by atoms with E-state index in [4.69, 9.17) is 21.1 Å². The van der Waals surface area contributed by atoms with E-state index in [1.54, 1.807) is 18.9 Å². The number of nitrogens with one attached hydrogen (secondary N) is 1. The maximum atomic E-state index is 13.1. The second-order valence-corrected chi connectivity index (χ2v) is 11.0. The van der Waals surface area contributed by atoms with E-state index in [2.05, 4.69) is 38.2 Å². The molecule has 1 aliphatic heterocycles. The number of halogens is 1. The first kappa shape index (κ1) is 26.6. The van der Waals surface area contributed by atoms with E-state index in [0.717, 1.165) is 53.8 Å². The quantitative estimate of drug-likeness (QED) is 0.419. The fourth-order valence-corrected chi connectivity index (χ4v) is 5.22. The number of esters is 1. The highest BCUT2D eigenvalue weighted by Gasteiger charge is 2.49. The van der Waals surface area contributed by atoms with Crippen molar-refractivity contribution in [1.29, 1.82) is 0 Å². The number of ether oxygens (including phenoxy) is 2. The molecule has 0 aromatic heterocycles. The molecule has 1 fully saturated rings. The number of carbonyl (C=O) groups excluding carboxylic acids is 2. The van der Waals surface area contributed by atoms with Crippen LogP contribution in [0.5, 0.6) is 0 Å². The molecule has 1 aromatic carbocycles. The van der Waals surface area contributed by atoms with Crippen molar-refractivity contribution in [2.75, 3.05) is 26.9 Å². The van der Waals surface area contributed by atoms with Crippen LogP contribution in [0.15, 0.2) is 30.0 Å². The second kappa shape index (κ2) is 11.1. The molecule has 2 unspecified atom stereocenters. The minimum Gasteiger partial charge on any atom is -0.466 e. The van der Waals surface area contributed by atoms with Gasteiger partial charge in [0.1, 0.15) is 0 Å². The SMILES string of the molecule is CCOC(=O)CCN1C=C2C(CCOC)CCC2(c2ccc(CCC(C)(C)C)c(Cl)c2)NC1=O. The Kier molecular flexibility index (Phi) is 8.69. The number of methoxy groups -OCH3 is 1. The minimum atomic E-state index is -0.581. The smallest absolute Gasteiger partial charge is 0.322 e. The molecule has 1 heterocycles. The van der Waals surface area contributed by atoms with E-state index in [1.165, 1.54) is 0 Å². The molecule has 0 bridgehead atoms. The summed E-state index contributed by atoms with van der Waals surface area (Å²) < 4.78 is 10.4. The summed E-state index contributed by atoms with van der Waals surface area (Å²) in [7, 11) is 1.71. The van der Waals surface area contributed by atoms with Crippen LogP contribution in [-0.2, 0) is 26.2 Å². The van der Waals surface area contributed by atoms with Gasteiger partial charge in [-0.2, -0.15) is 0 Å². The van der Waals surface area contributed by atoms with Crippen molar-refractivity contribution in [2.45, 2.75) is 71.8 Å². The van der Waals surface area contributed by atoms with Gasteiger partial charge in [-0.15, -0.1) is 0 Å². The van der Waals surface area contributed by atoms with Crippen LogP contribution < -0.4 is 5.32 Å². The topological polar surface area (TPSA) is 67.9 Å². The Morgan fingerprint density at radius 2 is 2.09 bits per heavy atom. The van der Waals surface area contributed by atoms with Crippen LogP contribution in [0, 0.1) is 11.3 Å². The standard InChI is InChI=1S/C27H39ClN2O4/c1-6-34-24(31)11-15-30-18-22-19(12-16-33-5)10-14-27(22,29-25(30)32)21-8-7-20(23(28)17-21)9-13-26(2,3)4/h7-8,17-19H,6,9-16H2,1-5H3,(H,29,32). The second-order valence-electron chi connectivity index (χ2n) is 10.6. The van der Waals surface area contributed by atoms with Crippen molar-refractivity contribution in [3.8, 4) is 0 Å². The van der Waals surface area contributed by atoms with Crippen molar-refractivity contribution in [3.63, 3.8) is 0 Å². The van der Waals surface area contributed by atoms with E-state index >= 15 is 0 Å². The third-order valence-corrected chi connectivity index (χ3v) is 7.25. The van der Waals surface area contributed by atoms with Gasteiger partial charge in [0.15, 0.2) is 0 Å². The predicted octanol–water partition coefficient (Wildman–Crippen LogP) is 5.82. The molecule has 1 N–H and O–H groups in total. The lowest BCUT2D eigenvalue weighted by Crippen LogP contribution is -2.54. The Labute approximate surface area is 209 Å². The lowest BCUT2D eigenvalue weighted by atomic mass is 9.80. The molecule has 0 spiro atoms. The monoisotopic (exact) mass is 490 g/mol. The summed E-state index contributed by atoms with van der Waals surface area (Å²) in [6.45, 7) is 9.75. The molecule has 1 saturated carbocycles. The van der Waals surface area contributed by atoms with Crippen LogP contribution in [0.3, 0.4) is 0 Å². The summed E-state index contributed by atoms with van der Waals surface area (Å²) in [5, 5.41) is 4.04. The van der Waals surface area contributed by atoms with Crippen LogP contribution in [-0.4, -0.2) is 43.8 Å². The highest BCUT2D eigenvalue weighted by Crippen LogP contribution is 2.50. The van der Waals surface area contributed by atoms with Gasteiger partial charge in [-0.3, -0.25) is 4.79 Å². The highest BCUT2D eigenvalue weighted by molar-refractivity contribution is 6.31. The Bertz CT molecular complexity index is 924. The largest absolute Gasteiger partial charge is 0.466 e. The van der Waals surface area contributed by atoms with Crippen molar-refractivity contribution >= 4 is 23.6 Å². The Hall–Kier alpha value is -2.05. The minimum absolute atomic E-state index is 0.162. The molecule has 2 amide bonds. The molecular formula is C27H39ClN2O4. The van der Waals surface area contributed by atoms with Crippen molar-refractivity contribution < 1.29 is 19.1 Å². The first-order chi connectivity index (χ1) is 16.1. The van der Waals surface area contributed by atoms with Gasteiger partial charge in [0.2, 0.25) is 0 Å². The first-order valence-electron chi connectivity index (χ1n) is 12.3. The summed E-state index contributed by atoms with van der Waals surface area (Å²) >= 11 is 6.75. The fourth-order valence-electron chi connectivity index (χ4n) is 4.95. The number of amides is 2. The molecule has 7 heteroatoms. The van der Waals surface area contributed by atoms with E-state index in [1.807, 2.05) is 12.3 Å². The summed E-state index contributed by atoms with van der Waals surface area (Å²) in [5.74, 6) is -0.0181. The molecule has 0 radical (unpaired) electrons. The third kappa shape index (κ3) is 6.14. The first-order valence-corrected chi connectivity index (χ1v) is 12.7. The van der Waals surface area contributed by atoms with Gasteiger partial charge in [-0.25, -0.2) is 4.79 Å². The zero-order chi connectivity index (χ0) is 24.9. The van der Waals surface area contributed by atoms with Crippen molar-refractivity contribution in [2.24, 2.45) is 11.3 Å². The molecule has 1 aromatic rings. The molecular weight excluding hydrogens is 452 g/mol. The van der Waals surface area contributed by atoms with Crippen LogP contribution in [0.2, 0.25) is 5.02 Å². The number of benzene rings is 1. The highest BCUT2D eigenvalue weighted by atomic mass is 35.5. The zero-order valence-corrected chi connectivity index (χ0v) is 22.0. The maximum Gasteiger partial charge on any atom is 0.322 e. The molecule has 1 aliphatic carbocycles. The molecule has 3 rings (SSSR count). The Balaban J connectivity index is 1.90. The van der Waals surface area contributed by atoms with Crippen LogP contribution in [0.25, 0.3) is 0 Å². The maximum absolute atomic E-state index is 13.1. The fraction of sp³-hybridized carbons (Fsp3) is 0.630. The van der Waals surface area contributed by atoms with E-state index in [0.29, 0.717) is 13.2 Å². The van der Waals surface area contributed by atoms with Crippen molar-refractivity contribution in [1.82, 2.24) is 10.2 Å². The van der Waals surface area contributed by atoms with E-state index in [9.17, 15) is 9.59 Å². The lowest BCUT2D eigenvalue weighted by molar-refractivity contribution is -0.143. The number of rotatable bonds is 10. The normalized spacial score (nSPS) is 22.3. The summed E-state index contributed by atoms with van der Waals surface area (Å²) in [5.41, 5.74) is 2.96. The van der Waals surface area contributed by atoms with Crippen LogP contribution >= 0.6 is 11.6 Å². The number of nitrogens with zero attached hydrogens (tertiary/aromatic N) is 1. The Morgan fingerprint density at radius 3 is 2.74 bits per heavy atom. The van der Waals surface area contributed by atoms with Gasteiger partial charge in [0.25, 0.3) is 0 Å². The van der Waals surface area contributed by atoms with E-state index in [-0.39, 0.29) is 36.3 Å². The number of urea groups is 1. The van der Waals surface area contributed by atoms with Gasteiger partial charge in [-0.1, -0.05) is 44.5 Å². The van der Waals surface area contributed by atoms with Crippen LogP contribution in [0.1, 0.15) is 70.9 Å². The molecule has 6 nitrogen and oxygen atoms in total. The number of fused-ring (bicyclic) bond motifs is 1. The van der Waals surface area contributed by atoms with Gasteiger partial charge in [0.05, 0.1) is 18.6 Å². The number of carbonyl (C=O) groups is 2. The van der Waals surface area contributed by atoms with Gasteiger partial charge in [-0.05, 0) is 73.1 Å². The summed E-state index contributed by atoms with van der Waals surface area (Å²) in [6.07, 6.45) is 6.72. The van der Waals surface area contributed by atoms with Crippen LogP contribution in [0.4, 0.5) is 4.79 Å². The van der Waals surface area contributed by atoms with Crippen molar-refractivity contribution in [3.05, 3.63) is 46.1 Å². The zero-order valence-electron chi connectivity index (χ0n) is 21.2. The molecule has 0 saturated heterocycles. The average Bonchev–Trinajstić information content (AvgIpc) is 3.13. The number of aryl methyl sites for hydroxylation is 1. The lowest BCUT2D eigenvalue weighted by Gasteiger charge is -2.40. The average molecular weight is 491 g/mol. The molecule has 188 valence electrons. The predicted molar refractivity (Wildman–Crippen MR) is 135 cm³/mol. The van der Waals surface area contributed by atoms with Gasteiger partial charge < -0.3 is 19.7 Å². The number of hydrogen-bond donors (Lipinski definition) is 1.